The second-order valence-corrected chi connectivity index (χ2v) is 5.24. The predicted molar refractivity (Wildman–Crippen MR) is 82.4 cm³/mol. The summed E-state index contributed by atoms with van der Waals surface area (Å²) < 4.78 is 13.1. The summed E-state index contributed by atoms with van der Waals surface area (Å²) in [4.78, 5) is 15.7. The number of rotatable bonds is 4. The number of carbonyl (C=O) groups is 1. The van der Waals surface area contributed by atoms with Gasteiger partial charge in [0.2, 0.25) is 5.91 Å². The van der Waals surface area contributed by atoms with Crippen molar-refractivity contribution in [2.75, 3.05) is 10.6 Å². The Morgan fingerprint density at radius 1 is 1.24 bits per heavy atom. The first-order valence-corrected chi connectivity index (χ1v) is 6.82. The van der Waals surface area contributed by atoms with Crippen LogP contribution in [0.1, 0.15) is 13.8 Å². The number of halogens is 2. The van der Waals surface area contributed by atoms with E-state index in [2.05, 4.69) is 15.6 Å². The van der Waals surface area contributed by atoms with E-state index in [-0.39, 0.29) is 16.8 Å². The van der Waals surface area contributed by atoms with Crippen molar-refractivity contribution in [2.24, 2.45) is 5.92 Å². The normalized spacial score (nSPS) is 10.5. The summed E-state index contributed by atoms with van der Waals surface area (Å²) >= 11 is 5.71. The SMILES string of the molecule is CC(C)C(=O)Nc1ccc(Nc2ccc(F)c(Cl)c2)nc1. The number of hydrogen-bond acceptors (Lipinski definition) is 3. The molecule has 0 unspecified atom stereocenters. The highest BCUT2D eigenvalue weighted by molar-refractivity contribution is 6.31. The predicted octanol–water partition coefficient (Wildman–Crippen LogP) is 4.21. The van der Waals surface area contributed by atoms with Gasteiger partial charge in [0, 0.05) is 11.6 Å². The van der Waals surface area contributed by atoms with Gasteiger partial charge in [-0.05, 0) is 30.3 Å². The first-order chi connectivity index (χ1) is 9.95. The molecule has 1 aromatic carbocycles. The molecule has 0 atom stereocenters. The minimum atomic E-state index is -0.470. The monoisotopic (exact) mass is 307 g/mol. The van der Waals surface area contributed by atoms with Crippen LogP contribution in [0.25, 0.3) is 0 Å². The lowest BCUT2D eigenvalue weighted by molar-refractivity contribution is -0.118. The molecule has 110 valence electrons. The van der Waals surface area contributed by atoms with Crippen molar-refractivity contribution in [1.29, 1.82) is 0 Å². The van der Waals surface area contributed by atoms with Gasteiger partial charge in [-0.15, -0.1) is 0 Å². The first kappa shape index (κ1) is 15.3. The molecule has 0 fully saturated rings. The van der Waals surface area contributed by atoms with Gasteiger partial charge in [-0.3, -0.25) is 4.79 Å². The van der Waals surface area contributed by atoms with E-state index in [1.165, 1.54) is 12.1 Å². The van der Waals surface area contributed by atoms with Crippen LogP contribution in [0.3, 0.4) is 0 Å². The van der Waals surface area contributed by atoms with Crippen LogP contribution in [-0.4, -0.2) is 10.9 Å². The van der Waals surface area contributed by atoms with E-state index in [1.807, 2.05) is 13.8 Å². The largest absolute Gasteiger partial charge is 0.340 e. The molecular formula is C15H15ClFN3O. The van der Waals surface area contributed by atoms with Gasteiger partial charge < -0.3 is 10.6 Å². The highest BCUT2D eigenvalue weighted by atomic mass is 35.5. The van der Waals surface area contributed by atoms with Crippen LogP contribution in [-0.2, 0) is 4.79 Å². The van der Waals surface area contributed by atoms with Gasteiger partial charge in [-0.1, -0.05) is 25.4 Å². The van der Waals surface area contributed by atoms with Crippen molar-refractivity contribution in [3.8, 4) is 0 Å². The Kier molecular flexibility index (Phi) is 4.75. The third-order valence-electron chi connectivity index (χ3n) is 2.75. The average Bonchev–Trinajstić information content (AvgIpc) is 2.45. The van der Waals surface area contributed by atoms with Crippen molar-refractivity contribution >= 4 is 34.7 Å². The second-order valence-electron chi connectivity index (χ2n) is 4.83. The fraction of sp³-hybridized carbons (Fsp3) is 0.200. The zero-order valence-electron chi connectivity index (χ0n) is 11.7. The number of amides is 1. The molecule has 0 aliphatic carbocycles. The van der Waals surface area contributed by atoms with Crippen LogP contribution in [0, 0.1) is 11.7 Å². The zero-order chi connectivity index (χ0) is 15.4. The summed E-state index contributed by atoms with van der Waals surface area (Å²) in [6.45, 7) is 3.63. The number of benzene rings is 1. The molecule has 1 aromatic heterocycles. The second kappa shape index (κ2) is 6.54. The van der Waals surface area contributed by atoms with Gasteiger partial charge in [0.05, 0.1) is 16.9 Å². The molecular weight excluding hydrogens is 293 g/mol. The molecule has 21 heavy (non-hydrogen) atoms. The van der Waals surface area contributed by atoms with E-state index in [9.17, 15) is 9.18 Å². The topological polar surface area (TPSA) is 54.0 Å². The number of aromatic nitrogens is 1. The number of nitrogens with zero attached hydrogens (tertiary/aromatic N) is 1. The Balaban J connectivity index is 2.05. The number of hydrogen-bond donors (Lipinski definition) is 2. The third kappa shape index (κ3) is 4.16. The molecule has 1 amide bonds. The van der Waals surface area contributed by atoms with Crippen LogP contribution in [0.5, 0.6) is 0 Å². The molecule has 0 saturated heterocycles. The molecule has 0 spiro atoms. The summed E-state index contributed by atoms with van der Waals surface area (Å²) in [6, 6.07) is 7.78. The van der Waals surface area contributed by atoms with Gasteiger partial charge in [-0.25, -0.2) is 9.37 Å². The fourth-order valence-corrected chi connectivity index (χ4v) is 1.73. The maximum absolute atomic E-state index is 13.1. The van der Waals surface area contributed by atoms with E-state index in [1.54, 1.807) is 24.4 Å². The van der Waals surface area contributed by atoms with Gasteiger partial charge in [0.1, 0.15) is 11.6 Å². The van der Waals surface area contributed by atoms with Crippen LogP contribution < -0.4 is 10.6 Å². The molecule has 6 heteroatoms. The lowest BCUT2D eigenvalue weighted by atomic mass is 10.2. The van der Waals surface area contributed by atoms with Gasteiger partial charge in [-0.2, -0.15) is 0 Å². The number of nitrogens with one attached hydrogen (secondary N) is 2. The van der Waals surface area contributed by atoms with Crippen LogP contribution >= 0.6 is 11.6 Å². The van der Waals surface area contributed by atoms with E-state index in [4.69, 9.17) is 11.6 Å². The standard InChI is InChI=1S/C15H15ClFN3O/c1-9(2)15(21)20-11-4-6-14(18-8-11)19-10-3-5-13(17)12(16)7-10/h3-9H,1-2H3,(H,18,19)(H,20,21). The molecule has 2 aromatic rings. The Bertz CT molecular complexity index is 644. The van der Waals surface area contributed by atoms with Crippen LogP contribution in [0.15, 0.2) is 36.5 Å². The lowest BCUT2D eigenvalue weighted by Crippen LogP contribution is -2.17. The Morgan fingerprint density at radius 2 is 1.95 bits per heavy atom. The quantitative estimate of drug-likeness (QED) is 0.889. The van der Waals surface area contributed by atoms with E-state index < -0.39 is 5.82 Å². The van der Waals surface area contributed by atoms with Crippen molar-refractivity contribution < 1.29 is 9.18 Å². The van der Waals surface area contributed by atoms with Crippen molar-refractivity contribution in [3.05, 3.63) is 47.4 Å². The van der Waals surface area contributed by atoms with Crippen molar-refractivity contribution in [1.82, 2.24) is 4.98 Å². The average molecular weight is 308 g/mol. The summed E-state index contributed by atoms with van der Waals surface area (Å²) in [6.07, 6.45) is 1.55. The van der Waals surface area contributed by atoms with Crippen LogP contribution in [0.4, 0.5) is 21.6 Å². The Morgan fingerprint density at radius 3 is 2.52 bits per heavy atom. The zero-order valence-corrected chi connectivity index (χ0v) is 12.4. The fourth-order valence-electron chi connectivity index (χ4n) is 1.55. The summed E-state index contributed by atoms with van der Waals surface area (Å²) in [5.41, 5.74) is 1.25. The van der Waals surface area contributed by atoms with E-state index in [0.717, 1.165) is 0 Å². The highest BCUT2D eigenvalue weighted by Crippen LogP contribution is 2.22. The van der Waals surface area contributed by atoms with Gasteiger partial charge in [0.25, 0.3) is 0 Å². The minimum Gasteiger partial charge on any atom is -0.340 e. The minimum absolute atomic E-state index is 0.0424. The smallest absolute Gasteiger partial charge is 0.226 e. The molecule has 2 N–H and O–H groups in total. The lowest BCUT2D eigenvalue weighted by Gasteiger charge is -2.09. The number of pyridine rings is 1. The summed E-state index contributed by atoms with van der Waals surface area (Å²) in [5, 5.41) is 5.79. The highest BCUT2D eigenvalue weighted by Gasteiger charge is 2.07. The van der Waals surface area contributed by atoms with Gasteiger partial charge in [0.15, 0.2) is 0 Å². The van der Waals surface area contributed by atoms with E-state index in [0.29, 0.717) is 17.2 Å². The Labute approximate surface area is 127 Å². The van der Waals surface area contributed by atoms with Crippen LogP contribution in [0.2, 0.25) is 5.02 Å². The van der Waals surface area contributed by atoms with Crippen molar-refractivity contribution in [2.45, 2.75) is 13.8 Å². The maximum atomic E-state index is 13.1. The molecule has 1 heterocycles. The number of anilines is 3. The maximum Gasteiger partial charge on any atom is 0.226 e. The van der Waals surface area contributed by atoms with E-state index >= 15 is 0 Å². The summed E-state index contributed by atoms with van der Waals surface area (Å²) in [7, 11) is 0. The summed E-state index contributed by atoms with van der Waals surface area (Å²) in [5.74, 6) is -0.0610. The first-order valence-electron chi connectivity index (χ1n) is 6.44. The number of carbonyl (C=O) groups excluding carboxylic acids is 1. The molecule has 0 aliphatic heterocycles. The third-order valence-corrected chi connectivity index (χ3v) is 3.04. The molecule has 0 radical (unpaired) electrons. The molecule has 4 nitrogen and oxygen atoms in total. The molecule has 0 aliphatic rings. The molecule has 2 rings (SSSR count). The Hall–Kier alpha value is -2.14. The molecule has 0 saturated carbocycles. The van der Waals surface area contributed by atoms with Crippen molar-refractivity contribution in [3.63, 3.8) is 0 Å². The van der Waals surface area contributed by atoms with Gasteiger partial charge >= 0.3 is 0 Å². The molecule has 0 bridgehead atoms.